The largest absolute Gasteiger partial charge is 0.416 e. The Morgan fingerprint density at radius 3 is 1.80 bits per heavy atom. The van der Waals surface area contributed by atoms with Crippen molar-refractivity contribution >= 4 is 42.4 Å². The molecule has 0 aliphatic rings. The van der Waals surface area contributed by atoms with Crippen molar-refractivity contribution in [3.8, 4) is 0 Å². The highest BCUT2D eigenvalue weighted by Gasteiger charge is 2.62. The zero-order chi connectivity index (χ0) is 19.2. The van der Waals surface area contributed by atoms with Crippen LogP contribution in [-0.4, -0.2) is 0 Å². The fraction of sp³-hybridized carbons (Fsp3) is 0.0667. The summed E-state index contributed by atoms with van der Waals surface area (Å²) in [6, 6.07) is 5.78. The maximum Gasteiger partial charge on any atom is 0.416 e. The standard InChI is InChI=1S/C15H9BrClF7S/c16-12-5-7-13(8-6-12)25(21,22,23,24)9-14(17)10-1-3-11(4-2-10)15(18,19)20/h1-9H/b14-9+. The first kappa shape index (κ1) is 20.1. The van der Waals surface area contributed by atoms with E-state index in [1.807, 2.05) is 0 Å². The first-order valence-corrected chi connectivity index (χ1v) is 9.72. The molecule has 0 aliphatic carbocycles. The van der Waals surface area contributed by atoms with Gasteiger partial charge < -0.3 is 0 Å². The van der Waals surface area contributed by atoms with Crippen LogP contribution in [0.5, 0.6) is 0 Å². The molecule has 0 N–H and O–H groups in total. The molecule has 2 aromatic carbocycles. The molecule has 0 radical (unpaired) electrons. The highest BCUT2D eigenvalue weighted by Crippen LogP contribution is 3.02. The number of benzene rings is 2. The first-order chi connectivity index (χ1) is 11.1. The molecule has 0 saturated carbocycles. The van der Waals surface area contributed by atoms with E-state index in [4.69, 9.17) is 11.6 Å². The molecule has 25 heavy (non-hydrogen) atoms. The molecule has 0 nitrogen and oxygen atoms in total. The van der Waals surface area contributed by atoms with E-state index in [2.05, 4.69) is 15.9 Å². The van der Waals surface area contributed by atoms with Gasteiger partial charge in [0.25, 0.3) is 0 Å². The molecule has 0 aliphatic heterocycles. The van der Waals surface area contributed by atoms with Crippen molar-refractivity contribution in [2.24, 2.45) is 0 Å². The Kier molecular flexibility index (Phi) is 4.55. The summed E-state index contributed by atoms with van der Waals surface area (Å²) in [6.07, 6.45) is -4.65. The van der Waals surface area contributed by atoms with Crippen LogP contribution in [0.2, 0.25) is 0 Å². The van der Waals surface area contributed by atoms with Crippen LogP contribution < -0.4 is 0 Å². The predicted octanol–water partition coefficient (Wildman–Crippen LogP) is 8.48. The third-order valence-corrected chi connectivity index (χ3v) is 6.09. The normalized spacial score (nSPS) is 16.3. The number of hydrogen-bond acceptors (Lipinski definition) is 0. The van der Waals surface area contributed by atoms with E-state index >= 15 is 0 Å². The minimum Gasteiger partial charge on any atom is -0.166 e. The van der Waals surface area contributed by atoms with Gasteiger partial charge in [0.15, 0.2) is 0 Å². The maximum absolute atomic E-state index is 14.3. The molecular weight excluding hydrogens is 461 g/mol. The van der Waals surface area contributed by atoms with E-state index in [-0.39, 0.29) is 5.56 Å². The Bertz CT molecular complexity index is 820. The maximum atomic E-state index is 14.3. The molecule has 138 valence electrons. The Labute approximate surface area is 151 Å². The number of halogens is 9. The molecule has 0 heterocycles. The van der Waals surface area contributed by atoms with Crippen molar-refractivity contribution < 1.29 is 28.7 Å². The van der Waals surface area contributed by atoms with E-state index in [0.717, 1.165) is 24.3 Å². The van der Waals surface area contributed by atoms with E-state index in [0.29, 0.717) is 28.7 Å². The fourth-order valence-corrected chi connectivity index (χ4v) is 4.20. The number of alkyl halides is 3. The zero-order valence-electron chi connectivity index (χ0n) is 12.0. The lowest BCUT2D eigenvalue weighted by Crippen LogP contribution is -2.10. The summed E-state index contributed by atoms with van der Waals surface area (Å²) in [5.74, 6) is 0. The van der Waals surface area contributed by atoms with Crippen molar-refractivity contribution in [3.05, 3.63) is 69.5 Å². The Morgan fingerprint density at radius 1 is 0.880 bits per heavy atom. The van der Waals surface area contributed by atoms with Crippen LogP contribution in [0.25, 0.3) is 5.03 Å². The molecule has 0 aromatic heterocycles. The van der Waals surface area contributed by atoms with E-state index < -0.39 is 36.9 Å². The van der Waals surface area contributed by atoms with Crippen molar-refractivity contribution in [1.29, 1.82) is 0 Å². The topological polar surface area (TPSA) is 0 Å². The van der Waals surface area contributed by atoms with Gasteiger partial charge in [-0.25, -0.2) is 0 Å². The van der Waals surface area contributed by atoms with Crippen LogP contribution in [-0.2, 0) is 6.18 Å². The first-order valence-electron chi connectivity index (χ1n) is 6.43. The average molecular weight is 470 g/mol. The van der Waals surface area contributed by atoms with Gasteiger partial charge in [0.1, 0.15) is 0 Å². The summed E-state index contributed by atoms with van der Waals surface area (Å²) in [5, 5.41) is -1.71. The molecule has 0 fully saturated rings. The van der Waals surface area contributed by atoms with Crippen LogP contribution >= 0.6 is 37.4 Å². The summed E-state index contributed by atoms with van der Waals surface area (Å²) < 4.78 is 95.0. The SMILES string of the molecule is FC(F)(F)c1ccc(/C(Cl)=C\S(F)(F)(F)(F)c2ccc(Br)cc2)cc1. The summed E-state index contributed by atoms with van der Waals surface area (Å²) >= 11 is 8.51. The molecule has 0 bridgehead atoms. The van der Waals surface area contributed by atoms with E-state index in [9.17, 15) is 28.7 Å². The van der Waals surface area contributed by atoms with Gasteiger partial charge in [0.2, 0.25) is 9.84 Å². The Hall–Kier alpha value is -1.19. The molecule has 2 aromatic rings. The van der Waals surface area contributed by atoms with Crippen LogP contribution in [0.15, 0.2) is 63.3 Å². The molecule has 10 heteroatoms. The lowest BCUT2D eigenvalue weighted by atomic mass is 10.1. The van der Waals surface area contributed by atoms with Gasteiger partial charge >= 0.3 is 6.18 Å². The second kappa shape index (κ2) is 5.65. The molecule has 0 atom stereocenters. The van der Waals surface area contributed by atoms with Crippen LogP contribution in [0, 0.1) is 0 Å². The minimum atomic E-state index is -8.87. The van der Waals surface area contributed by atoms with Gasteiger partial charge in [0, 0.05) is 4.47 Å². The summed E-state index contributed by atoms with van der Waals surface area (Å²) in [7, 11) is -8.87. The Morgan fingerprint density at radius 2 is 1.36 bits per heavy atom. The third-order valence-electron chi connectivity index (χ3n) is 3.13. The lowest BCUT2D eigenvalue weighted by Gasteiger charge is -2.47. The van der Waals surface area contributed by atoms with E-state index in [1.165, 1.54) is 0 Å². The van der Waals surface area contributed by atoms with Crippen molar-refractivity contribution in [3.63, 3.8) is 0 Å². The molecule has 2 rings (SSSR count). The smallest absolute Gasteiger partial charge is 0.166 e. The van der Waals surface area contributed by atoms with Gasteiger partial charge in [-0.05, 0) is 42.0 Å². The highest BCUT2D eigenvalue weighted by atomic mass is 79.9. The number of hydrogen-bond donors (Lipinski definition) is 0. The second-order valence-electron chi connectivity index (χ2n) is 5.13. The van der Waals surface area contributed by atoms with Crippen molar-refractivity contribution in [2.45, 2.75) is 11.1 Å². The molecule has 0 saturated heterocycles. The third kappa shape index (κ3) is 4.71. The lowest BCUT2D eigenvalue weighted by molar-refractivity contribution is -0.137. The zero-order valence-corrected chi connectivity index (χ0v) is 15.2. The van der Waals surface area contributed by atoms with Gasteiger partial charge in [0.05, 0.1) is 20.9 Å². The number of rotatable bonds is 3. The van der Waals surface area contributed by atoms with Gasteiger partial charge in [-0.15, -0.1) is 15.5 Å². The predicted molar refractivity (Wildman–Crippen MR) is 89.7 cm³/mol. The minimum absolute atomic E-state index is 0.322. The molecule has 0 spiro atoms. The Balaban J connectivity index is 2.50. The fourth-order valence-electron chi connectivity index (χ4n) is 1.88. The van der Waals surface area contributed by atoms with Gasteiger partial charge in [-0.2, -0.15) is 13.2 Å². The van der Waals surface area contributed by atoms with Gasteiger partial charge in [-0.3, -0.25) is 0 Å². The second-order valence-corrected chi connectivity index (χ2v) is 9.42. The molecule has 0 unspecified atom stereocenters. The van der Waals surface area contributed by atoms with Crippen LogP contribution in [0.3, 0.4) is 0 Å². The van der Waals surface area contributed by atoms with Crippen molar-refractivity contribution in [2.75, 3.05) is 0 Å². The van der Waals surface area contributed by atoms with Crippen LogP contribution in [0.1, 0.15) is 11.1 Å². The molecule has 0 amide bonds. The summed E-state index contributed by atoms with van der Waals surface area (Å²) in [6.45, 7) is 0. The van der Waals surface area contributed by atoms with E-state index in [1.54, 1.807) is 0 Å². The highest BCUT2D eigenvalue weighted by molar-refractivity contribution is 9.10. The quantitative estimate of drug-likeness (QED) is 0.395. The molecular formula is C15H9BrClF7S. The monoisotopic (exact) mass is 468 g/mol. The van der Waals surface area contributed by atoms with Gasteiger partial charge in [-0.1, -0.05) is 39.7 Å². The summed E-state index contributed by atoms with van der Waals surface area (Å²) in [4.78, 5) is -1.52. The van der Waals surface area contributed by atoms with Crippen molar-refractivity contribution in [1.82, 2.24) is 0 Å². The summed E-state index contributed by atoms with van der Waals surface area (Å²) in [5.41, 5.74) is -1.44. The van der Waals surface area contributed by atoms with Crippen LogP contribution in [0.4, 0.5) is 28.7 Å². The average Bonchev–Trinajstić information content (AvgIpc) is 2.45.